The number of thiophene rings is 4. The molecular formula is C24H26N2S4. The van der Waals surface area contributed by atoms with Gasteiger partial charge in [-0.05, 0) is 87.3 Å². The summed E-state index contributed by atoms with van der Waals surface area (Å²) >= 11 is 7.39. The molecule has 0 saturated carbocycles. The number of hydrogen-bond donors (Lipinski definition) is 0. The van der Waals surface area contributed by atoms with E-state index in [1.54, 1.807) is 0 Å². The number of fused-ring (bicyclic) bond motifs is 6. The van der Waals surface area contributed by atoms with Crippen molar-refractivity contribution in [2.45, 2.75) is 52.6 Å². The minimum Gasteiger partial charge on any atom is -0.334 e. The molecule has 6 rings (SSSR count). The molecule has 6 aromatic heterocycles. The fourth-order valence-corrected chi connectivity index (χ4v) is 8.18. The van der Waals surface area contributed by atoms with Crippen LogP contribution in [-0.4, -0.2) is 9.13 Å². The Kier molecular flexibility index (Phi) is 4.71. The van der Waals surface area contributed by atoms with Crippen LogP contribution in [0.4, 0.5) is 0 Å². The molecule has 0 N–H and O–H groups in total. The van der Waals surface area contributed by atoms with Gasteiger partial charge in [0.2, 0.25) is 0 Å². The third-order valence-electron chi connectivity index (χ3n) is 5.30. The van der Waals surface area contributed by atoms with E-state index in [9.17, 15) is 0 Å². The first kappa shape index (κ1) is 20.3. The van der Waals surface area contributed by atoms with Gasteiger partial charge in [-0.15, -0.1) is 45.3 Å². The van der Waals surface area contributed by atoms with Crippen LogP contribution in [0.2, 0.25) is 0 Å². The number of rotatable bonds is 0. The maximum absolute atomic E-state index is 2.45. The van der Waals surface area contributed by atoms with Crippen LogP contribution in [0.15, 0.2) is 45.8 Å². The molecule has 0 aliphatic heterocycles. The summed E-state index contributed by atoms with van der Waals surface area (Å²) in [6.07, 6.45) is 0. The SMILES string of the molecule is CC(C)(C)n1c2ccsc2c2sccc21.CC(C)(C)n1c2ccsc2c2sccc21. The molecule has 0 aliphatic carbocycles. The van der Waals surface area contributed by atoms with Gasteiger partial charge in [0, 0.05) is 11.1 Å². The van der Waals surface area contributed by atoms with Gasteiger partial charge in [0.05, 0.1) is 40.9 Å². The summed E-state index contributed by atoms with van der Waals surface area (Å²) in [4.78, 5) is 0. The Balaban J connectivity index is 0.000000128. The summed E-state index contributed by atoms with van der Waals surface area (Å²) in [6.45, 7) is 13.6. The number of nitrogens with zero attached hydrogens (tertiary/aromatic N) is 2. The standard InChI is InChI=1S/2C12H13NS2/c2*1-12(2,3)13-8-4-6-14-10(8)11-9(13)5-7-15-11/h2*4-7H,1-3H3. The van der Waals surface area contributed by atoms with E-state index in [4.69, 9.17) is 0 Å². The second-order valence-corrected chi connectivity index (χ2v) is 13.2. The smallest absolute Gasteiger partial charge is 0.0701 e. The van der Waals surface area contributed by atoms with Crippen LogP contribution in [0.3, 0.4) is 0 Å². The Morgan fingerprint density at radius 2 is 0.700 bits per heavy atom. The molecule has 6 aromatic rings. The lowest BCUT2D eigenvalue weighted by atomic mass is 10.1. The normalized spacial score (nSPS) is 13.0. The predicted molar refractivity (Wildman–Crippen MR) is 140 cm³/mol. The van der Waals surface area contributed by atoms with Crippen molar-refractivity contribution >= 4 is 86.2 Å². The number of aromatic nitrogens is 2. The second kappa shape index (κ2) is 6.95. The zero-order valence-corrected chi connectivity index (χ0v) is 21.4. The first-order valence-corrected chi connectivity index (χ1v) is 13.6. The highest BCUT2D eigenvalue weighted by Gasteiger charge is 2.22. The lowest BCUT2D eigenvalue weighted by molar-refractivity contribution is 0.423. The van der Waals surface area contributed by atoms with E-state index < -0.39 is 0 Å². The van der Waals surface area contributed by atoms with Gasteiger partial charge in [-0.3, -0.25) is 0 Å². The van der Waals surface area contributed by atoms with Crippen molar-refractivity contribution in [2.75, 3.05) is 0 Å². The molecule has 0 bridgehead atoms. The van der Waals surface area contributed by atoms with Gasteiger partial charge < -0.3 is 9.13 Å². The molecule has 0 amide bonds. The minimum absolute atomic E-state index is 0.155. The van der Waals surface area contributed by atoms with Gasteiger partial charge in [0.15, 0.2) is 0 Å². The van der Waals surface area contributed by atoms with Crippen molar-refractivity contribution in [1.29, 1.82) is 0 Å². The maximum Gasteiger partial charge on any atom is 0.0701 e. The summed E-state index contributed by atoms with van der Waals surface area (Å²) in [5.41, 5.74) is 5.84. The predicted octanol–water partition coefficient (Wildman–Crippen LogP) is 9.34. The van der Waals surface area contributed by atoms with E-state index in [1.807, 2.05) is 45.3 Å². The topological polar surface area (TPSA) is 9.86 Å². The van der Waals surface area contributed by atoms with Crippen LogP contribution in [0.25, 0.3) is 40.9 Å². The average Bonchev–Trinajstić information content (AvgIpc) is 3.40. The molecule has 0 radical (unpaired) electrons. The van der Waals surface area contributed by atoms with Crippen LogP contribution >= 0.6 is 45.3 Å². The van der Waals surface area contributed by atoms with Crippen molar-refractivity contribution in [3.63, 3.8) is 0 Å². The Bertz CT molecular complexity index is 1250. The average molecular weight is 471 g/mol. The molecule has 0 aliphatic rings. The van der Waals surface area contributed by atoms with Crippen molar-refractivity contribution in [1.82, 2.24) is 9.13 Å². The van der Waals surface area contributed by atoms with E-state index in [-0.39, 0.29) is 11.1 Å². The van der Waals surface area contributed by atoms with E-state index >= 15 is 0 Å². The zero-order valence-electron chi connectivity index (χ0n) is 18.1. The van der Waals surface area contributed by atoms with Gasteiger partial charge in [-0.25, -0.2) is 0 Å². The largest absolute Gasteiger partial charge is 0.334 e. The van der Waals surface area contributed by atoms with Crippen LogP contribution in [0.5, 0.6) is 0 Å². The third-order valence-corrected chi connectivity index (χ3v) is 9.24. The fourth-order valence-electron chi connectivity index (χ4n) is 4.30. The van der Waals surface area contributed by atoms with E-state index in [0.717, 1.165) is 0 Å². The van der Waals surface area contributed by atoms with Crippen molar-refractivity contribution in [3.8, 4) is 0 Å². The molecule has 0 saturated heterocycles. The van der Waals surface area contributed by atoms with Crippen molar-refractivity contribution in [2.24, 2.45) is 0 Å². The molecule has 0 aromatic carbocycles. The fraction of sp³-hybridized carbons (Fsp3) is 0.333. The molecule has 6 heterocycles. The molecule has 0 atom stereocenters. The van der Waals surface area contributed by atoms with E-state index in [1.165, 1.54) is 40.9 Å². The van der Waals surface area contributed by atoms with Gasteiger partial charge in [-0.2, -0.15) is 0 Å². The first-order chi connectivity index (χ1) is 14.2. The quantitative estimate of drug-likeness (QED) is 0.209. The van der Waals surface area contributed by atoms with Gasteiger partial charge >= 0.3 is 0 Å². The summed E-state index contributed by atoms with van der Waals surface area (Å²) in [7, 11) is 0. The lowest BCUT2D eigenvalue weighted by Crippen LogP contribution is -2.20. The maximum atomic E-state index is 2.45. The molecule has 30 heavy (non-hydrogen) atoms. The lowest BCUT2D eigenvalue weighted by Gasteiger charge is -2.23. The summed E-state index contributed by atoms with van der Waals surface area (Å²) in [6, 6.07) is 8.94. The van der Waals surface area contributed by atoms with Crippen LogP contribution in [0, 0.1) is 0 Å². The molecule has 0 unspecified atom stereocenters. The Morgan fingerprint density at radius 3 is 0.900 bits per heavy atom. The highest BCUT2D eigenvalue weighted by molar-refractivity contribution is 7.26. The molecule has 0 fully saturated rings. The Labute approximate surface area is 193 Å². The van der Waals surface area contributed by atoms with Crippen molar-refractivity contribution in [3.05, 3.63) is 45.8 Å². The van der Waals surface area contributed by atoms with Gasteiger partial charge in [-0.1, -0.05) is 0 Å². The Hall–Kier alpha value is -1.60. The van der Waals surface area contributed by atoms with Crippen LogP contribution in [0.1, 0.15) is 41.5 Å². The first-order valence-electron chi connectivity index (χ1n) is 10.1. The number of hydrogen-bond acceptors (Lipinski definition) is 4. The van der Waals surface area contributed by atoms with Crippen LogP contribution < -0.4 is 0 Å². The van der Waals surface area contributed by atoms with Gasteiger partial charge in [0.25, 0.3) is 0 Å². The monoisotopic (exact) mass is 470 g/mol. The summed E-state index contributed by atoms with van der Waals surface area (Å²) in [5, 5.41) is 8.75. The van der Waals surface area contributed by atoms with E-state index in [0.29, 0.717) is 0 Å². The highest BCUT2D eigenvalue weighted by atomic mass is 32.1. The zero-order chi connectivity index (χ0) is 21.3. The highest BCUT2D eigenvalue weighted by Crippen LogP contribution is 2.40. The van der Waals surface area contributed by atoms with Crippen molar-refractivity contribution < 1.29 is 0 Å². The molecule has 2 nitrogen and oxygen atoms in total. The van der Waals surface area contributed by atoms with E-state index in [2.05, 4.69) is 96.5 Å². The molecular weight excluding hydrogens is 445 g/mol. The second-order valence-electron chi connectivity index (χ2n) is 9.55. The van der Waals surface area contributed by atoms with Gasteiger partial charge in [0.1, 0.15) is 0 Å². The molecule has 6 heteroatoms. The van der Waals surface area contributed by atoms with Crippen LogP contribution in [-0.2, 0) is 11.1 Å². The summed E-state index contributed by atoms with van der Waals surface area (Å²) < 4.78 is 10.7. The Morgan fingerprint density at radius 1 is 0.467 bits per heavy atom. The third kappa shape index (κ3) is 3.08. The summed E-state index contributed by atoms with van der Waals surface area (Å²) in [5.74, 6) is 0. The molecule has 0 spiro atoms. The molecule has 156 valence electrons. The minimum atomic E-state index is 0.155.